The first-order valence-corrected chi connectivity index (χ1v) is 6.92. The lowest BCUT2D eigenvalue weighted by atomic mass is 9.87. The molecule has 112 valence electrons. The highest BCUT2D eigenvalue weighted by Gasteiger charge is 2.20. The standard InChI is InChI=1S/C16H25FN2O/c1-16(2,3)10-13(18)9-15(20)19(4)11-12-7-5-6-8-14(12)17/h5-8,13H,9-11,18H2,1-4H3. The normalized spacial score (nSPS) is 13.1. The fourth-order valence-electron chi connectivity index (χ4n) is 2.21. The quantitative estimate of drug-likeness (QED) is 0.901. The molecule has 0 saturated carbocycles. The summed E-state index contributed by atoms with van der Waals surface area (Å²) in [7, 11) is 1.68. The molecule has 1 aromatic rings. The fraction of sp³-hybridized carbons (Fsp3) is 0.562. The predicted octanol–water partition coefficient (Wildman–Crippen LogP) is 2.94. The monoisotopic (exact) mass is 280 g/mol. The van der Waals surface area contributed by atoms with E-state index in [1.807, 2.05) is 0 Å². The summed E-state index contributed by atoms with van der Waals surface area (Å²) < 4.78 is 13.5. The molecule has 0 fully saturated rings. The van der Waals surface area contributed by atoms with Crippen LogP contribution in [-0.4, -0.2) is 23.9 Å². The molecule has 3 nitrogen and oxygen atoms in total. The van der Waals surface area contributed by atoms with E-state index in [1.165, 1.54) is 11.0 Å². The van der Waals surface area contributed by atoms with Crippen LogP contribution in [-0.2, 0) is 11.3 Å². The van der Waals surface area contributed by atoms with Crippen molar-refractivity contribution in [2.75, 3.05) is 7.05 Å². The van der Waals surface area contributed by atoms with Gasteiger partial charge in [-0.2, -0.15) is 0 Å². The first-order chi connectivity index (χ1) is 9.19. The Morgan fingerprint density at radius 1 is 1.35 bits per heavy atom. The Bertz CT molecular complexity index is 454. The van der Waals surface area contributed by atoms with Gasteiger partial charge < -0.3 is 10.6 Å². The number of benzene rings is 1. The highest BCUT2D eigenvalue weighted by atomic mass is 19.1. The van der Waals surface area contributed by atoms with Gasteiger partial charge in [-0.25, -0.2) is 4.39 Å². The average molecular weight is 280 g/mol. The highest BCUT2D eigenvalue weighted by molar-refractivity contribution is 5.76. The lowest BCUT2D eigenvalue weighted by molar-refractivity contribution is -0.130. The van der Waals surface area contributed by atoms with Crippen molar-refractivity contribution in [3.05, 3.63) is 35.6 Å². The third-order valence-electron chi connectivity index (χ3n) is 3.10. The molecule has 0 radical (unpaired) electrons. The molecule has 20 heavy (non-hydrogen) atoms. The molecule has 4 heteroatoms. The number of amides is 1. The van der Waals surface area contributed by atoms with Crippen LogP contribution in [0.25, 0.3) is 0 Å². The van der Waals surface area contributed by atoms with Crippen LogP contribution in [0, 0.1) is 11.2 Å². The number of carbonyl (C=O) groups excluding carboxylic acids is 1. The van der Waals surface area contributed by atoms with E-state index in [9.17, 15) is 9.18 Å². The minimum atomic E-state index is -0.286. The molecule has 1 rings (SSSR count). The Labute approximate surface area is 121 Å². The average Bonchev–Trinajstić information content (AvgIpc) is 2.29. The third kappa shape index (κ3) is 5.70. The maximum Gasteiger partial charge on any atom is 0.224 e. The molecule has 1 atom stereocenters. The Morgan fingerprint density at radius 2 is 1.95 bits per heavy atom. The van der Waals surface area contributed by atoms with E-state index in [2.05, 4.69) is 20.8 Å². The smallest absolute Gasteiger partial charge is 0.224 e. The maximum absolute atomic E-state index is 13.5. The molecule has 0 saturated heterocycles. The topological polar surface area (TPSA) is 46.3 Å². The summed E-state index contributed by atoms with van der Waals surface area (Å²) in [5.74, 6) is -0.337. The minimum Gasteiger partial charge on any atom is -0.341 e. The van der Waals surface area contributed by atoms with Crippen LogP contribution in [0.5, 0.6) is 0 Å². The fourth-order valence-corrected chi connectivity index (χ4v) is 2.21. The SMILES string of the molecule is CN(Cc1ccccc1F)C(=O)CC(N)CC(C)(C)C. The molecular weight excluding hydrogens is 255 g/mol. The Balaban J connectivity index is 2.53. The predicted molar refractivity (Wildman–Crippen MR) is 79.5 cm³/mol. The van der Waals surface area contributed by atoms with Gasteiger partial charge in [0.1, 0.15) is 5.82 Å². The summed E-state index contributed by atoms with van der Waals surface area (Å²) in [5, 5.41) is 0. The van der Waals surface area contributed by atoms with Gasteiger partial charge in [-0.15, -0.1) is 0 Å². The van der Waals surface area contributed by atoms with Gasteiger partial charge in [0, 0.05) is 31.6 Å². The molecule has 0 aromatic heterocycles. The third-order valence-corrected chi connectivity index (χ3v) is 3.10. The summed E-state index contributed by atoms with van der Waals surface area (Å²) in [5.41, 5.74) is 6.62. The van der Waals surface area contributed by atoms with Gasteiger partial charge >= 0.3 is 0 Å². The number of nitrogens with two attached hydrogens (primary N) is 1. The maximum atomic E-state index is 13.5. The summed E-state index contributed by atoms with van der Waals surface area (Å²) >= 11 is 0. The molecule has 1 amide bonds. The minimum absolute atomic E-state index is 0.0509. The molecule has 0 aliphatic heterocycles. The first-order valence-electron chi connectivity index (χ1n) is 6.92. The Morgan fingerprint density at radius 3 is 2.50 bits per heavy atom. The van der Waals surface area contributed by atoms with Crippen LogP contribution >= 0.6 is 0 Å². The van der Waals surface area contributed by atoms with Crippen LogP contribution < -0.4 is 5.73 Å². The van der Waals surface area contributed by atoms with Crippen molar-refractivity contribution in [1.29, 1.82) is 0 Å². The van der Waals surface area contributed by atoms with Crippen LogP contribution in [0.4, 0.5) is 4.39 Å². The second-order valence-electron chi connectivity index (χ2n) is 6.57. The lowest BCUT2D eigenvalue weighted by Gasteiger charge is -2.25. The molecule has 1 aromatic carbocycles. The zero-order valence-corrected chi connectivity index (χ0v) is 12.8. The van der Waals surface area contributed by atoms with Crippen LogP contribution in [0.1, 0.15) is 39.2 Å². The van der Waals surface area contributed by atoms with Crippen molar-refractivity contribution >= 4 is 5.91 Å². The number of halogens is 1. The molecule has 0 bridgehead atoms. The van der Waals surface area contributed by atoms with Crippen molar-refractivity contribution in [2.45, 2.75) is 46.2 Å². The van der Waals surface area contributed by atoms with Crippen molar-refractivity contribution in [3.63, 3.8) is 0 Å². The van der Waals surface area contributed by atoms with E-state index in [0.717, 1.165) is 6.42 Å². The first kappa shape index (κ1) is 16.6. The van der Waals surface area contributed by atoms with Gasteiger partial charge in [0.15, 0.2) is 0 Å². The number of rotatable bonds is 5. The lowest BCUT2D eigenvalue weighted by Crippen LogP contribution is -2.35. The number of nitrogens with zero attached hydrogens (tertiary/aromatic N) is 1. The van der Waals surface area contributed by atoms with E-state index >= 15 is 0 Å². The van der Waals surface area contributed by atoms with E-state index in [0.29, 0.717) is 12.0 Å². The van der Waals surface area contributed by atoms with Gasteiger partial charge in [0.25, 0.3) is 0 Å². The second-order valence-corrected chi connectivity index (χ2v) is 6.57. The summed E-state index contributed by atoms with van der Waals surface area (Å²) in [6, 6.07) is 6.33. The van der Waals surface area contributed by atoms with E-state index in [1.54, 1.807) is 25.2 Å². The van der Waals surface area contributed by atoms with Gasteiger partial charge in [-0.05, 0) is 17.9 Å². The highest BCUT2D eigenvalue weighted by Crippen LogP contribution is 2.21. The van der Waals surface area contributed by atoms with Crippen molar-refractivity contribution in [3.8, 4) is 0 Å². The number of carbonyl (C=O) groups is 1. The Hall–Kier alpha value is -1.42. The zero-order chi connectivity index (χ0) is 15.3. The van der Waals surface area contributed by atoms with Crippen molar-refractivity contribution < 1.29 is 9.18 Å². The van der Waals surface area contributed by atoms with Gasteiger partial charge in [-0.1, -0.05) is 39.0 Å². The molecule has 0 heterocycles. The molecule has 0 aliphatic carbocycles. The summed E-state index contributed by atoms with van der Waals surface area (Å²) in [6.07, 6.45) is 1.08. The molecule has 2 N–H and O–H groups in total. The Kier molecular flexibility index (Phi) is 5.69. The van der Waals surface area contributed by atoms with Gasteiger partial charge in [0.05, 0.1) is 0 Å². The molecule has 0 aliphatic rings. The van der Waals surface area contributed by atoms with E-state index in [-0.39, 0.29) is 29.7 Å². The van der Waals surface area contributed by atoms with E-state index < -0.39 is 0 Å². The van der Waals surface area contributed by atoms with Crippen LogP contribution in [0.15, 0.2) is 24.3 Å². The summed E-state index contributed by atoms with van der Waals surface area (Å²) in [6.45, 7) is 6.56. The van der Waals surface area contributed by atoms with Crippen LogP contribution in [0.2, 0.25) is 0 Å². The molecule has 1 unspecified atom stereocenters. The van der Waals surface area contributed by atoms with E-state index in [4.69, 9.17) is 5.73 Å². The number of hydrogen-bond donors (Lipinski definition) is 1. The second kappa shape index (κ2) is 6.84. The zero-order valence-electron chi connectivity index (χ0n) is 12.8. The van der Waals surface area contributed by atoms with Crippen molar-refractivity contribution in [1.82, 2.24) is 4.90 Å². The molecule has 0 spiro atoms. The summed E-state index contributed by atoms with van der Waals surface area (Å²) in [4.78, 5) is 13.6. The molecular formula is C16H25FN2O. The van der Waals surface area contributed by atoms with Crippen LogP contribution in [0.3, 0.4) is 0 Å². The largest absolute Gasteiger partial charge is 0.341 e. The van der Waals surface area contributed by atoms with Gasteiger partial charge in [-0.3, -0.25) is 4.79 Å². The van der Waals surface area contributed by atoms with Gasteiger partial charge in [0.2, 0.25) is 5.91 Å². The number of hydrogen-bond acceptors (Lipinski definition) is 2. The van der Waals surface area contributed by atoms with Crippen molar-refractivity contribution in [2.24, 2.45) is 11.1 Å².